The Kier molecular flexibility index (Phi) is 5.39. The van der Waals surface area contributed by atoms with Gasteiger partial charge >= 0.3 is 0 Å². The van der Waals surface area contributed by atoms with Gasteiger partial charge in [-0.2, -0.15) is 10.2 Å². The average Bonchev–Trinajstić information content (AvgIpc) is 2.63. The van der Waals surface area contributed by atoms with Gasteiger partial charge in [-0.1, -0.05) is 24.6 Å². The fraction of sp³-hybridized carbons (Fsp3) is 0.286. The summed E-state index contributed by atoms with van der Waals surface area (Å²) in [5.74, 6) is 0.411. The maximum Gasteiger partial charge on any atom is 0.163 e. The molecule has 0 aliphatic heterocycles. The summed E-state index contributed by atoms with van der Waals surface area (Å²) in [6, 6.07) is 15.6. The highest BCUT2D eigenvalue weighted by Gasteiger charge is 2.22. The second-order valence-electron chi connectivity index (χ2n) is 6.55. The van der Waals surface area contributed by atoms with Crippen LogP contribution in [0.3, 0.4) is 0 Å². The van der Waals surface area contributed by atoms with Crippen molar-refractivity contribution < 1.29 is 4.79 Å². The van der Waals surface area contributed by atoms with E-state index in [-0.39, 0.29) is 11.7 Å². The quantitative estimate of drug-likeness (QED) is 0.543. The molecular formula is C21H23N3O. The number of carbonyl (C=O) groups is 1. The van der Waals surface area contributed by atoms with Crippen LogP contribution in [-0.4, -0.2) is 5.78 Å². The topological polar surface area (TPSA) is 53.8 Å². The molecule has 128 valence electrons. The Morgan fingerprint density at radius 3 is 2.24 bits per heavy atom. The number of carbonyl (C=O) groups excluding carboxylic acids is 1. The zero-order chi connectivity index (χ0) is 17.6. The minimum atomic E-state index is 0.145. The third-order valence-electron chi connectivity index (χ3n) is 4.44. The van der Waals surface area contributed by atoms with Crippen LogP contribution in [0.25, 0.3) is 0 Å². The van der Waals surface area contributed by atoms with E-state index in [9.17, 15) is 4.79 Å². The van der Waals surface area contributed by atoms with Crippen molar-refractivity contribution in [3.05, 3.63) is 65.9 Å². The Morgan fingerprint density at radius 1 is 1.00 bits per heavy atom. The zero-order valence-corrected chi connectivity index (χ0v) is 14.7. The maximum atomic E-state index is 12.1. The molecule has 0 aromatic heterocycles. The number of nitrogens with one attached hydrogen (secondary N) is 1. The van der Waals surface area contributed by atoms with E-state index in [4.69, 9.17) is 0 Å². The summed E-state index contributed by atoms with van der Waals surface area (Å²) in [7, 11) is 0. The average molecular weight is 333 g/mol. The molecule has 1 N–H and O–H groups in total. The number of hydrogen-bond acceptors (Lipinski definition) is 4. The van der Waals surface area contributed by atoms with Gasteiger partial charge in [-0.05, 0) is 62.6 Å². The van der Waals surface area contributed by atoms with Gasteiger partial charge in [0.25, 0.3) is 0 Å². The first-order valence-electron chi connectivity index (χ1n) is 8.70. The Bertz CT molecular complexity index is 789. The summed E-state index contributed by atoms with van der Waals surface area (Å²) in [5.41, 5.74) is 4.66. The molecule has 4 nitrogen and oxygen atoms in total. The van der Waals surface area contributed by atoms with Gasteiger partial charge in [0.1, 0.15) is 0 Å². The molecule has 1 aliphatic rings. The minimum absolute atomic E-state index is 0.145. The smallest absolute Gasteiger partial charge is 0.163 e. The second-order valence-corrected chi connectivity index (χ2v) is 6.55. The van der Waals surface area contributed by atoms with E-state index in [2.05, 4.69) is 15.5 Å². The van der Waals surface area contributed by atoms with Gasteiger partial charge in [-0.3, -0.25) is 4.79 Å². The third kappa shape index (κ3) is 4.63. The zero-order valence-electron chi connectivity index (χ0n) is 14.7. The lowest BCUT2D eigenvalue weighted by Crippen LogP contribution is -2.19. The van der Waals surface area contributed by atoms with Crippen molar-refractivity contribution >= 4 is 22.8 Å². The van der Waals surface area contributed by atoms with E-state index in [1.807, 2.05) is 68.6 Å². The molecular weight excluding hydrogens is 310 g/mol. The van der Waals surface area contributed by atoms with Gasteiger partial charge in [0.2, 0.25) is 0 Å². The molecule has 1 atom stereocenters. The van der Waals surface area contributed by atoms with Crippen molar-refractivity contribution in [2.24, 2.45) is 16.1 Å². The van der Waals surface area contributed by atoms with Crippen molar-refractivity contribution in [1.29, 1.82) is 0 Å². The Morgan fingerprint density at radius 2 is 1.60 bits per heavy atom. The first-order valence-corrected chi connectivity index (χ1v) is 8.70. The van der Waals surface area contributed by atoms with Crippen LogP contribution in [0, 0.1) is 12.8 Å². The summed E-state index contributed by atoms with van der Waals surface area (Å²) < 4.78 is 0. The first kappa shape index (κ1) is 17.1. The molecule has 1 saturated carbocycles. The van der Waals surface area contributed by atoms with Crippen molar-refractivity contribution in [1.82, 2.24) is 0 Å². The fourth-order valence-electron chi connectivity index (χ4n) is 2.83. The van der Waals surface area contributed by atoms with Crippen LogP contribution in [0.15, 0.2) is 70.5 Å². The van der Waals surface area contributed by atoms with Crippen LogP contribution in [0.5, 0.6) is 0 Å². The lowest BCUT2D eigenvalue weighted by atomic mass is 9.86. The molecule has 0 radical (unpaired) electrons. The van der Waals surface area contributed by atoms with E-state index in [0.717, 1.165) is 41.9 Å². The van der Waals surface area contributed by atoms with E-state index in [1.165, 1.54) is 5.56 Å². The number of benzene rings is 2. The first-order chi connectivity index (χ1) is 12.1. The highest BCUT2D eigenvalue weighted by atomic mass is 16.1. The largest absolute Gasteiger partial charge is 0.361 e. The van der Waals surface area contributed by atoms with Crippen LogP contribution in [0.4, 0.5) is 17.1 Å². The summed E-state index contributed by atoms with van der Waals surface area (Å²) in [6.45, 7) is 4.05. The number of ketones is 1. The van der Waals surface area contributed by atoms with Crippen molar-refractivity contribution in [3.8, 4) is 0 Å². The van der Waals surface area contributed by atoms with Gasteiger partial charge in [-0.25, -0.2) is 0 Å². The number of Topliss-reactive ketones (excluding diaryl/α,β-unsaturated/α-hetero) is 1. The van der Waals surface area contributed by atoms with Crippen molar-refractivity contribution in [2.45, 2.75) is 33.1 Å². The fourth-order valence-corrected chi connectivity index (χ4v) is 2.83. The standard InChI is InChI=1S/C21H23N3O/c1-15-6-8-19(9-7-15)23-24-20-12-10-18(11-13-20)22-14-17-5-3-4-16(2)21(17)25/h6-14,16,22H,3-5H2,1-2H3/b17-14-,24-23?/t16-/m1/s1. The molecule has 3 rings (SSSR count). The Balaban J connectivity index is 1.62. The van der Waals surface area contributed by atoms with Crippen LogP contribution >= 0.6 is 0 Å². The van der Waals surface area contributed by atoms with Gasteiger partial charge in [0.05, 0.1) is 11.4 Å². The molecule has 2 aromatic carbocycles. The Labute approximate surface area is 148 Å². The van der Waals surface area contributed by atoms with E-state index in [0.29, 0.717) is 0 Å². The molecule has 1 aliphatic carbocycles. The number of hydrogen-bond donors (Lipinski definition) is 1. The summed E-state index contributed by atoms with van der Waals surface area (Å²) >= 11 is 0. The highest BCUT2D eigenvalue weighted by molar-refractivity contribution is 5.97. The van der Waals surface area contributed by atoms with Crippen LogP contribution in [-0.2, 0) is 4.79 Å². The summed E-state index contributed by atoms with van der Waals surface area (Å²) in [6.07, 6.45) is 4.79. The van der Waals surface area contributed by atoms with Gasteiger partial charge in [0.15, 0.2) is 5.78 Å². The normalized spacial score (nSPS) is 19.5. The molecule has 0 bridgehead atoms. The third-order valence-corrected chi connectivity index (χ3v) is 4.44. The van der Waals surface area contributed by atoms with Crippen LogP contribution < -0.4 is 5.32 Å². The molecule has 0 unspecified atom stereocenters. The lowest BCUT2D eigenvalue weighted by molar-refractivity contribution is -0.119. The molecule has 25 heavy (non-hydrogen) atoms. The SMILES string of the molecule is Cc1ccc(N=Nc2ccc(N/C=C3/CCC[C@@H](C)C3=O)cc2)cc1. The van der Waals surface area contributed by atoms with Crippen molar-refractivity contribution in [3.63, 3.8) is 0 Å². The van der Waals surface area contributed by atoms with Gasteiger partial charge in [-0.15, -0.1) is 0 Å². The van der Waals surface area contributed by atoms with E-state index in [1.54, 1.807) is 0 Å². The number of azo groups is 1. The number of anilines is 1. The number of rotatable bonds is 4. The summed E-state index contributed by atoms with van der Waals surface area (Å²) in [4.78, 5) is 12.1. The molecule has 1 fully saturated rings. The van der Waals surface area contributed by atoms with Crippen LogP contribution in [0.2, 0.25) is 0 Å². The van der Waals surface area contributed by atoms with E-state index >= 15 is 0 Å². The van der Waals surface area contributed by atoms with Crippen LogP contribution in [0.1, 0.15) is 31.7 Å². The molecule has 0 heterocycles. The van der Waals surface area contributed by atoms with Gasteiger partial charge in [0, 0.05) is 23.4 Å². The predicted molar refractivity (Wildman–Crippen MR) is 102 cm³/mol. The molecule has 2 aromatic rings. The highest BCUT2D eigenvalue weighted by Crippen LogP contribution is 2.25. The van der Waals surface area contributed by atoms with E-state index < -0.39 is 0 Å². The van der Waals surface area contributed by atoms with Crippen molar-refractivity contribution in [2.75, 3.05) is 5.32 Å². The maximum absolute atomic E-state index is 12.1. The molecule has 0 amide bonds. The number of nitrogens with zero attached hydrogens (tertiary/aromatic N) is 2. The number of allylic oxidation sites excluding steroid dienone is 1. The predicted octanol–water partition coefficient (Wildman–Crippen LogP) is 6.10. The molecule has 0 spiro atoms. The summed E-state index contributed by atoms with van der Waals surface area (Å²) in [5, 5.41) is 11.7. The van der Waals surface area contributed by atoms with Gasteiger partial charge < -0.3 is 5.32 Å². The number of aryl methyl sites for hydroxylation is 1. The molecule has 0 saturated heterocycles. The minimum Gasteiger partial charge on any atom is -0.361 e. The monoisotopic (exact) mass is 333 g/mol. The molecule has 4 heteroatoms. The lowest BCUT2D eigenvalue weighted by Gasteiger charge is -2.19. The second kappa shape index (κ2) is 7.88. The Hall–Kier alpha value is -2.75.